The van der Waals surface area contributed by atoms with Crippen molar-refractivity contribution in [2.75, 3.05) is 26.7 Å². The number of unbranched alkanes of at least 4 members (excludes halogenated alkanes) is 1. The molecule has 0 spiro atoms. The predicted molar refractivity (Wildman–Crippen MR) is 223 cm³/mol. The number of ether oxygens (including phenoxy) is 1. The van der Waals surface area contributed by atoms with Gasteiger partial charge in [-0.1, -0.05) is 109 Å². The third-order valence-corrected chi connectivity index (χ3v) is 10.0. The Morgan fingerprint density at radius 1 is 0.732 bits per heavy atom. The Labute approximate surface area is 330 Å². The van der Waals surface area contributed by atoms with Gasteiger partial charge in [0.25, 0.3) is 0 Å². The van der Waals surface area contributed by atoms with Crippen LogP contribution in [-0.2, 0) is 27.2 Å². The summed E-state index contributed by atoms with van der Waals surface area (Å²) in [4.78, 5) is 29.8. The first-order chi connectivity index (χ1) is 27.1. The topological polar surface area (TPSA) is 226 Å². The van der Waals surface area contributed by atoms with E-state index in [2.05, 4.69) is 69.8 Å². The molecule has 5 rings (SSSR count). The fraction of sp³-hybridized carbons (Fsp3) is 0.372. The number of hydrogen-bond donors (Lipinski definition) is 9. The van der Waals surface area contributed by atoms with Gasteiger partial charge in [0.05, 0.1) is 12.1 Å². The Morgan fingerprint density at radius 3 is 1.82 bits per heavy atom. The normalized spacial score (nSPS) is 16.4. The molecule has 4 aromatic rings. The molecule has 4 aromatic carbocycles. The largest absolute Gasteiger partial charge is 0.370 e. The van der Waals surface area contributed by atoms with Gasteiger partial charge in [-0.25, -0.2) is 0 Å². The highest BCUT2D eigenvalue weighted by molar-refractivity contribution is 5.90. The van der Waals surface area contributed by atoms with Crippen LogP contribution in [0.4, 0.5) is 0 Å². The molecule has 1 fully saturated rings. The summed E-state index contributed by atoms with van der Waals surface area (Å²) in [5, 5.41) is 19.6. The van der Waals surface area contributed by atoms with Crippen LogP contribution in [0, 0.1) is 5.41 Å². The van der Waals surface area contributed by atoms with Crippen LogP contribution in [0.25, 0.3) is 22.3 Å². The van der Waals surface area contributed by atoms with Crippen molar-refractivity contribution in [3.8, 4) is 22.3 Å². The number of carbonyl (C=O) groups is 2. The number of likely N-dealkylation sites (N-methyl/N-ethyl adjacent to an activating group) is 1. The molecule has 1 aliphatic heterocycles. The number of benzene rings is 4. The third-order valence-electron chi connectivity index (χ3n) is 10.0. The van der Waals surface area contributed by atoms with E-state index in [0.717, 1.165) is 46.2 Å². The summed E-state index contributed by atoms with van der Waals surface area (Å²) < 4.78 is 6.17. The fourth-order valence-electron chi connectivity index (χ4n) is 6.81. The standard InChI is InChI=1S/C43H58N10O3/c1-53(37(38-40(56-38)49-24-8-9-25-50-42(45)46)28-30-18-22-34(23-19-30)32-13-6-3-7-14-32)41(55)36(15-10-26-51-43(47)48)52-39(54)35(44)27-29-16-20-33(21-17-29)31-11-4-2-5-12-31/h2-7,11-14,16-23,35-38,40,43,49,51H,8-10,15,24-28,44,47-48H2,1H3,(H,52,54)(H4,45,46,50)/t35?,36-,37-,38?,40?/m0/s1. The first-order valence-corrected chi connectivity index (χ1v) is 19.4. The van der Waals surface area contributed by atoms with Crippen LogP contribution in [-0.4, -0.2) is 86.1 Å². The number of carbonyl (C=O) groups excluding carboxylic acids is 2. The van der Waals surface area contributed by atoms with Crippen molar-refractivity contribution in [2.45, 2.75) is 75.3 Å². The van der Waals surface area contributed by atoms with Gasteiger partial charge >= 0.3 is 0 Å². The van der Waals surface area contributed by atoms with Gasteiger partial charge in [-0.3, -0.25) is 25.6 Å². The third kappa shape index (κ3) is 13.0. The average Bonchev–Trinajstić information content (AvgIpc) is 3.98. The Kier molecular flexibility index (Phi) is 15.9. The van der Waals surface area contributed by atoms with Crippen LogP contribution in [0.3, 0.4) is 0 Å². The minimum atomic E-state index is -0.862. The summed E-state index contributed by atoms with van der Waals surface area (Å²) in [7, 11) is 1.78. The fourth-order valence-corrected chi connectivity index (χ4v) is 6.81. The highest BCUT2D eigenvalue weighted by atomic mass is 16.6. The zero-order chi connectivity index (χ0) is 39.9. The average molecular weight is 763 g/mol. The monoisotopic (exact) mass is 762 g/mol. The molecular weight excluding hydrogens is 705 g/mol. The Bertz CT molecular complexity index is 1810. The summed E-state index contributed by atoms with van der Waals surface area (Å²) in [6.07, 6.45) is 2.27. The van der Waals surface area contributed by atoms with E-state index < -0.39 is 24.3 Å². The summed E-state index contributed by atoms with van der Waals surface area (Å²) in [6.45, 7) is 1.80. The van der Waals surface area contributed by atoms with Gasteiger partial charge in [0.2, 0.25) is 11.8 Å². The molecule has 298 valence electrons. The number of epoxide rings is 1. The van der Waals surface area contributed by atoms with Crippen molar-refractivity contribution in [3.63, 3.8) is 0 Å². The van der Waals surface area contributed by atoms with Crippen molar-refractivity contribution in [2.24, 2.45) is 22.9 Å². The molecule has 3 unspecified atom stereocenters. The summed E-state index contributed by atoms with van der Waals surface area (Å²) >= 11 is 0. The van der Waals surface area contributed by atoms with Crippen molar-refractivity contribution in [3.05, 3.63) is 120 Å². The molecule has 13 N–H and O–H groups in total. The number of rotatable bonds is 22. The Morgan fingerprint density at radius 2 is 1.27 bits per heavy atom. The van der Waals surface area contributed by atoms with Gasteiger partial charge < -0.3 is 43.2 Å². The molecular formula is C43H58N10O3. The Balaban J connectivity index is 1.27. The van der Waals surface area contributed by atoms with Crippen molar-refractivity contribution < 1.29 is 14.3 Å². The number of nitrogens with two attached hydrogens (primary N) is 4. The Hall–Kier alpha value is -5.15. The van der Waals surface area contributed by atoms with Crippen LogP contribution < -0.4 is 44.2 Å². The van der Waals surface area contributed by atoms with Gasteiger partial charge in [0.15, 0.2) is 5.96 Å². The van der Waals surface area contributed by atoms with Crippen molar-refractivity contribution >= 4 is 17.8 Å². The molecule has 56 heavy (non-hydrogen) atoms. The maximum Gasteiger partial charge on any atom is 0.245 e. The van der Waals surface area contributed by atoms with Gasteiger partial charge in [-0.05, 0) is 85.0 Å². The second-order valence-electron chi connectivity index (χ2n) is 14.4. The SMILES string of the molecule is CN(C(=O)[C@H](CCCNC(N)N)NC(=O)C(N)Cc1ccc(-c2ccccc2)cc1)[C@@H](Cc1ccc(-c2ccccc2)cc1)C1OC1NCCCCNC(=N)N. The van der Waals surface area contributed by atoms with Crippen LogP contribution in [0.1, 0.15) is 36.8 Å². The lowest BCUT2D eigenvalue weighted by Gasteiger charge is -2.32. The van der Waals surface area contributed by atoms with E-state index in [9.17, 15) is 9.59 Å². The molecule has 0 saturated carbocycles. The highest BCUT2D eigenvalue weighted by Crippen LogP contribution is 2.30. The van der Waals surface area contributed by atoms with Crippen molar-refractivity contribution in [1.29, 1.82) is 5.41 Å². The van der Waals surface area contributed by atoms with E-state index in [4.69, 9.17) is 33.1 Å². The minimum Gasteiger partial charge on any atom is -0.370 e. The molecule has 1 heterocycles. The van der Waals surface area contributed by atoms with Gasteiger partial charge in [0.1, 0.15) is 24.7 Å². The molecule has 1 aliphatic rings. The van der Waals surface area contributed by atoms with Crippen molar-refractivity contribution in [1.82, 2.24) is 26.2 Å². The first kappa shape index (κ1) is 42.0. The molecule has 2 amide bonds. The summed E-state index contributed by atoms with van der Waals surface area (Å²) in [5.41, 5.74) is 29.7. The van der Waals surface area contributed by atoms with Crippen LogP contribution in [0.15, 0.2) is 109 Å². The lowest BCUT2D eigenvalue weighted by Crippen LogP contribution is -2.55. The number of guanidine groups is 1. The number of nitrogens with zero attached hydrogens (tertiary/aromatic N) is 1. The maximum absolute atomic E-state index is 14.4. The number of amides is 2. The summed E-state index contributed by atoms with van der Waals surface area (Å²) in [5.74, 6) is -0.674. The van der Waals surface area contributed by atoms with Gasteiger partial charge in [0, 0.05) is 13.6 Å². The van der Waals surface area contributed by atoms with E-state index in [0.29, 0.717) is 45.3 Å². The number of nitrogens with one attached hydrogen (secondary N) is 5. The number of hydrogen-bond acceptors (Lipinski definition) is 9. The second kappa shape index (κ2) is 21.2. The minimum absolute atomic E-state index is 0.0413. The first-order valence-electron chi connectivity index (χ1n) is 19.4. The van der Waals surface area contributed by atoms with Gasteiger partial charge in [-0.2, -0.15) is 0 Å². The smallest absolute Gasteiger partial charge is 0.245 e. The lowest BCUT2D eigenvalue weighted by atomic mass is 9.97. The molecule has 5 atom stereocenters. The van der Waals surface area contributed by atoms with Crippen LogP contribution in [0.5, 0.6) is 0 Å². The van der Waals surface area contributed by atoms with E-state index in [1.165, 1.54) is 0 Å². The van der Waals surface area contributed by atoms with Crippen LogP contribution >= 0.6 is 0 Å². The maximum atomic E-state index is 14.4. The highest BCUT2D eigenvalue weighted by Gasteiger charge is 2.48. The molecule has 13 nitrogen and oxygen atoms in total. The predicted octanol–water partition coefficient (Wildman–Crippen LogP) is 2.59. The van der Waals surface area contributed by atoms with Gasteiger partial charge in [-0.15, -0.1) is 0 Å². The molecule has 13 heteroatoms. The molecule has 0 aromatic heterocycles. The van der Waals surface area contributed by atoms with Crippen LogP contribution in [0.2, 0.25) is 0 Å². The molecule has 1 saturated heterocycles. The summed E-state index contributed by atoms with van der Waals surface area (Å²) in [6, 6.07) is 34.6. The molecule has 0 aliphatic carbocycles. The quantitative estimate of drug-likeness (QED) is 0.0187. The zero-order valence-corrected chi connectivity index (χ0v) is 32.2. The van der Waals surface area contributed by atoms with E-state index in [1.807, 2.05) is 60.7 Å². The molecule has 0 radical (unpaired) electrons. The van der Waals surface area contributed by atoms with E-state index in [-0.39, 0.29) is 30.2 Å². The second-order valence-corrected chi connectivity index (χ2v) is 14.4. The molecule has 0 bridgehead atoms. The van der Waals surface area contributed by atoms with E-state index >= 15 is 0 Å². The van der Waals surface area contributed by atoms with E-state index in [1.54, 1.807) is 11.9 Å². The lowest BCUT2D eigenvalue weighted by molar-refractivity contribution is -0.138. The zero-order valence-electron chi connectivity index (χ0n) is 32.2.